The Kier molecular flexibility index (Phi) is 7.50. The third-order valence-corrected chi connectivity index (χ3v) is 6.57. The molecule has 0 radical (unpaired) electrons. The van der Waals surface area contributed by atoms with Crippen LogP contribution in [0.4, 0.5) is 10.8 Å². The van der Waals surface area contributed by atoms with Crippen LogP contribution in [0.15, 0.2) is 42.5 Å². The summed E-state index contributed by atoms with van der Waals surface area (Å²) in [7, 11) is 0. The maximum absolute atomic E-state index is 12.5. The Balaban J connectivity index is 1.31. The Bertz CT molecular complexity index is 1090. The predicted molar refractivity (Wildman–Crippen MR) is 131 cm³/mol. The van der Waals surface area contributed by atoms with Crippen molar-refractivity contribution in [1.82, 2.24) is 9.88 Å². The molecule has 0 spiro atoms. The van der Waals surface area contributed by atoms with Crippen LogP contribution in [-0.2, 0) is 22.6 Å². The van der Waals surface area contributed by atoms with Crippen LogP contribution < -0.4 is 10.6 Å². The highest BCUT2D eigenvalue weighted by molar-refractivity contribution is 7.22. The second kappa shape index (κ2) is 10.7. The summed E-state index contributed by atoms with van der Waals surface area (Å²) in [6, 6.07) is 14.2. The van der Waals surface area contributed by atoms with Gasteiger partial charge in [0.05, 0.1) is 10.2 Å². The number of rotatable bonds is 9. The van der Waals surface area contributed by atoms with Crippen molar-refractivity contribution in [2.75, 3.05) is 23.7 Å². The van der Waals surface area contributed by atoms with Crippen molar-refractivity contribution < 1.29 is 9.59 Å². The number of amides is 2. The average molecular weight is 451 g/mol. The monoisotopic (exact) mass is 450 g/mol. The summed E-state index contributed by atoms with van der Waals surface area (Å²) in [4.78, 5) is 31.2. The zero-order valence-corrected chi connectivity index (χ0v) is 19.3. The van der Waals surface area contributed by atoms with Gasteiger partial charge in [-0.1, -0.05) is 36.5 Å². The third kappa shape index (κ3) is 6.14. The average Bonchev–Trinajstić information content (AvgIpc) is 3.41. The lowest BCUT2D eigenvalue weighted by molar-refractivity contribution is -0.117. The van der Waals surface area contributed by atoms with Crippen LogP contribution in [0.3, 0.4) is 0 Å². The van der Waals surface area contributed by atoms with Crippen molar-refractivity contribution in [2.24, 2.45) is 0 Å². The highest BCUT2D eigenvalue weighted by atomic mass is 32.1. The number of aryl methyl sites for hydroxylation is 1. The van der Waals surface area contributed by atoms with Gasteiger partial charge in [-0.3, -0.25) is 14.5 Å². The molecule has 1 saturated heterocycles. The summed E-state index contributed by atoms with van der Waals surface area (Å²) in [5.74, 6) is 0.00759. The Labute approximate surface area is 193 Å². The molecule has 7 heteroatoms. The highest BCUT2D eigenvalue weighted by Crippen LogP contribution is 2.27. The second-order valence-electron chi connectivity index (χ2n) is 8.35. The quantitative estimate of drug-likeness (QED) is 0.470. The first-order chi connectivity index (χ1) is 15.6. The molecule has 2 heterocycles. The smallest absolute Gasteiger partial charge is 0.226 e. The number of benzene rings is 2. The normalized spacial score (nSPS) is 14.0. The summed E-state index contributed by atoms with van der Waals surface area (Å²) in [5.41, 5.74) is 4.05. The SMILES string of the molecule is CCCC(=O)Nc1nc2ccc(CCC(=O)Nc3cccc(CN4CCCC4)c3)cc2s1. The lowest BCUT2D eigenvalue weighted by Crippen LogP contribution is -2.18. The fraction of sp³-hybridized carbons (Fsp3) is 0.400. The fourth-order valence-corrected chi connectivity index (χ4v) is 4.96. The van der Waals surface area contributed by atoms with Crippen LogP contribution in [0, 0.1) is 0 Å². The topological polar surface area (TPSA) is 74.3 Å². The van der Waals surface area contributed by atoms with E-state index in [1.807, 2.05) is 31.2 Å². The number of fused-ring (bicyclic) bond motifs is 1. The number of hydrogen-bond donors (Lipinski definition) is 2. The molecule has 4 rings (SSSR count). The van der Waals surface area contributed by atoms with Gasteiger partial charge in [-0.2, -0.15) is 0 Å². The minimum absolute atomic E-state index is 0.00653. The summed E-state index contributed by atoms with van der Waals surface area (Å²) in [6.45, 7) is 5.24. The van der Waals surface area contributed by atoms with Crippen molar-refractivity contribution in [3.8, 4) is 0 Å². The zero-order chi connectivity index (χ0) is 22.3. The van der Waals surface area contributed by atoms with E-state index in [1.165, 1.54) is 29.7 Å². The van der Waals surface area contributed by atoms with Crippen molar-refractivity contribution in [3.63, 3.8) is 0 Å². The van der Waals surface area contributed by atoms with E-state index in [-0.39, 0.29) is 11.8 Å². The van der Waals surface area contributed by atoms with Gasteiger partial charge < -0.3 is 10.6 Å². The molecule has 3 aromatic rings. The van der Waals surface area contributed by atoms with Gasteiger partial charge in [0, 0.05) is 25.1 Å². The van der Waals surface area contributed by atoms with E-state index in [0.29, 0.717) is 24.4 Å². The van der Waals surface area contributed by atoms with Crippen molar-refractivity contribution >= 4 is 44.2 Å². The maximum Gasteiger partial charge on any atom is 0.226 e. The number of thiazole rings is 1. The van der Waals surface area contributed by atoms with E-state index in [4.69, 9.17) is 0 Å². The van der Waals surface area contributed by atoms with E-state index in [2.05, 4.69) is 38.7 Å². The number of aromatic nitrogens is 1. The minimum Gasteiger partial charge on any atom is -0.326 e. The Morgan fingerprint density at radius 3 is 2.62 bits per heavy atom. The molecule has 0 unspecified atom stereocenters. The van der Waals surface area contributed by atoms with Gasteiger partial charge in [0.1, 0.15) is 0 Å². The van der Waals surface area contributed by atoms with E-state index in [1.54, 1.807) is 0 Å². The van der Waals surface area contributed by atoms with Crippen LogP contribution >= 0.6 is 11.3 Å². The molecule has 168 valence electrons. The van der Waals surface area contributed by atoms with Gasteiger partial charge in [-0.25, -0.2) is 4.98 Å². The second-order valence-corrected chi connectivity index (χ2v) is 9.38. The van der Waals surface area contributed by atoms with Crippen molar-refractivity contribution in [3.05, 3.63) is 53.6 Å². The van der Waals surface area contributed by atoms with Crippen LogP contribution in [-0.4, -0.2) is 34.8 Å². The van der Waals surface area contributed by atoms with Gasteiger partial charge in [-0.15, -0.1) is 0 Å². The Morgan fingerprint density at radius 2 is 1.81 bits per heavy atom. The molecule has 1 aliphatic heterocycles. The summed E-state index contributed by atoms with van der Waals surface area (Å²) in [5, 5.41) is 6.52. The van der Waals surface area contributed by atoms with E-state index < -0.39 is 0 Å². The number of nitrogens with one attached hydrogen (secondary N) is 2. The van der Waals surface area contributed by atoms with Crippen LogP contribution in [0.2, 0.25) is 0 Å². The lowest BCUT2D eigenvalue weighted by Gasteiger charge is -2.15. The lowest BCUT2D eigenvalue weighted by atomic mass is 10.1. The van der Waals surface area contributed by atoms with Gasteiger partial charge in [0.2, 0.25) is 11.8 Å². The standard InChI is InChI=1S/C25H30N4O2S/c1-2-6-23(30)28-25-27-21-11-9-18(16-22(21)32-25)10-12-24(31)26-20-8-5-7-19(15-20)17-29-13-3-4-14-29/h5,7-9,11,15-16H,2-4,6,10,12-14,17H2,1H3,(H,26,31)(H,27,28,30). The third-order valence-electron chi connectivity index (χ3n) is 5.63. The number of carbonyl (C=O) groups is 2. The first-order valence-electron chi connectivity index (χ1n) is 11.4. The highest BCUT2D eigenvalue weighted by Gasteiger charge is 2.12. The first kappa shape index (κ1) is 22.4. The molecule has 1 aliphatic rings. The Morgan fingerprint density at radius 1 is 1.00 bits per heavy atom. The number of likely N-dealkylation sites (tertiary alicyclic amines) is 1. The molecular weight excluding hydrogens is 420 g/mol. The van der Waals surface area contributed by atoms with Crippen molar-refractivity contribution in [2.45, 2.75) is 52.0 Å². The zero-order valence-electron chi connectivity index (χ0n) is 18.5. The van der Waals surface area contributed by atoms with Crippen LogP contribution in [0.1, 0.15) is 50.2 Å². The molecule has 32 heavy (non-hydrogen) atoms. The van der Waals surface area contributed by atoms with Gasteiger partial charge in [0.25, 0.3) is 0 Å². The molecule has 2 amide bonds. The molecule has 1 aromatic heterocycles. The van der Waals surface area contributed by atoms with E-state index in [9.17, 15) is 9.59 Å². The van der Waals surface area contributed by atoms with Crippen LogP contribution in [0.5, 0.6) is 0 Å². The fourth-order valence-electron chi connectivity index (χ4n) is 4.01. The molecule has 6 nitrogen and oxygen atoms in total. The summed E-state index contributed by atoms with van der Waals surface area (Å²) < 4.78 is 1.02. The number of anilines is 2. The van der Waals surface area contributed by atoms with E-state index >= 15 is 0 Å². The molecule has 0 saturated carbocycles. The minimum atomic E-state index is -0.00653. The number of nitrogens with zero attached hydrogens (tertiary/aromatic N) is 2. The summed E-state index contributed by atoms with van der Waals surface area (Å²) in [6.07, 6.45) is 4.94. The van der Waals surface area contributed by atoms with Gasteiger partial charge in [-0.05, 0) is 74.2 Å². The van der Waals surface area contributed by atoms with Crippen molar-refractivity contribution in [1.29, 1.82) is 0 Å². The predicted octanol–water partition coefficient (Wildman–Crippen LogP) is 5.20. The molecule has 0 aliphatic carbocycles. The molecule has 2 aromatic carbocycles. The molecule has 0 atom stereocenters. The summed E-state index contributed by atoms with van der Waals surface area (Å²) >= 11 is 1.47. The molecule has 1 fully saturated rings. The van der Waals surface area contributed by atoms with E-state index in [0.717, 1.165) is 47.5 Å². The number of hydrogen-bond acceptors (Lipinski definition) is 5. The Hall–Kier alpha value is -2.77. The first-order valence-corrected chi connectivity index (χ1v) is 12.2. The van der Waals surface area contributed by atoms with Gasteiger partial charge >= 0.3 is 0 Å². The molecular formula is C25H30N4O2S. The molecule has 0 bridgehead atoms. The molecule has 2 N–H and O–H groups in total. The van der Waals surface area contributed by atoms with Gasteiger partial charge in [0.15, 0.2) is 5.13 Å². The van der Waals surface area contributed by atoms with Crippen LogP contribution in [0.25, 0.3) is 10.2 Å². The largest absolute Gasteiger partial charge is 0.326 e. The maximum atomic E-state index is 12.5. The number of carbonyl (C=O) groups excluding carboxylic acids is 2.